The van der Waals surface area contributed by atoms with Crippen LogP contribution in [0.3, 0.4) is 0 Å². The Hall–Kier alpha value is -0.930. The van der Waals surface area contributed by atoms with Crippen LogP contribution in [0.5, 0.6) is 0 Å². The largest absolute Gasteiger partial charge is 0.375 e. The first-order valence-electron chi connectivity index (χ1n) is 8.46. The van der Waals surface area contributed by atoms with Crippen molar-refractivity contribution >= 4 is 0 Å². The number of hydrogen-bond donors (Lipinski definition) is 1. The molecule has 1 aliphatic heterocycles. The molecule has 0 bridgehead atoms. The van der Waals surface area contributed by atoms with Crippen molar-refractivity contribution in [2.45, 2.75) is 63.5 Å². The Morgan fingerprint density at radius 3 is 2.86 bits per heavy atom. The van der Waals surface area contributed by atoms with Gasteiger partial charge in [0.2, 0.25) is 0 Å². The maximum absolute atomic E-state index is 6.25. The minimum absolute atomic E-state index is 0.173. The monoisotopic (exact) mass is 288 g/mol. The normalized spacial score (nSPS) is 26.7. The molecule has 1 aromatic heterocycles. The molecule has 3 nitrogen and oxygen atoms in total. The van der Waals surface area contributed by atoms with Gasteiger partial charge in [-0.05, 0) is 62.8 Å². The highest BCUT2D eigenvalue weighted by molar-refractivity contribution is 5.26. The van der Waals surface area contributed by atoms with E-state index >= 15 is 0 Å². The number of aromatic nitrogens is 1. The summed E-state index contributed by atoms with van der Waals surface area (Å²) in [6.45, 7) is 3.11. The number of nitrogens with zero attached hydrogens (tertiary/aromatic N) is 1. The summed E-state index contributed by atoms with van der Waals surface area (Å²) in [7, 11) is 2.08. The Bertz CT molecular complexity index is 463. The van der Waals surface area contributed by atoms with Gasteiger partial charge in [-0.1, -0.05) is 19.3 Å². The van der Waals surface area contributed by atoms with Crippen molar-refractivity contribution in [3.05, 3.63) is 29.6 Å². The minimum atomic E-state index is 0.173. The van der Waals surface area contributed by atoms with E-state index in [1.54, 1.807) is 0 Å². The van der Waals surface area contributed by atoms with Gasteiger partial charge in [0.25, 0.3) is 0 Å². The van der Waals surface area contributed by atoms with Crippen molar-refractivity contribution in [1.29, 1.82) is 0 Å². The number of hydrogen-bond acceptors (Lipinski definition) is 3. The molecule has 2 fully saturated rings. The van der Waals surface area contributed by atoms with E-state index < -0.39 is 0 Å². The lowest BCUT2D eigenvalue weighted by Gasteiger charge is -2.45. The molecule has 116 valence electrons. The van der Waals surface area contributed by atoms with Gasteiger partial charge < -0.3 is 10.1 Å². The molecule has 1 N–H and O–H groups in total. The summed E-state index contributed by atoms with van der Waals surface area (Å²) in [5, 5.41) is 3.56. The molecule has 0 radical (unpaired) electrons. The SMILES string of the molecule is CNC(c1cnccc1C)C1CCOC2(CCCCC2)C1. The molecule has 2 heterocycles. The van der Waals surface area contributed by atoms with E-state index in [9.17, 15) is 0 Å². The Kier molecular flexibility index (Phi) is 4.60. The number of pyridine rings is 1. The molecule has 1 aliphatic carbocycles. The van der Waals surface area contributed by atoms with Crippen molar-refractivity contribution in [2.75, 3.05) is 13.7 Å². The third-order valence-electron chi connectivity index (χ3n) is 5.49. The summed E-state index contributed by atoms with van der Waals surface area (Å²) in [5.41, 5.74) is 2.87. The molecule has 1 spiro atoms. The molecular formula is C18H28N2O. The van der Waals surface area contributed by atoms with Crippen LogP contribution >= 0.6 is 0 Å². The minimum Gasteiger partial charge on any atom is -0.375 e. The van der Waals surface area contributed by atoms with E-state index in [2.05, 4.69) is 30.3 Å². The lowest BCUT2D eigenvalue weighted by Crippen LogP contribution is -2.44. The summed E-state index contributed by atoms with van der Waals surface area (Å²) < 4.78 is 6.25. The average molecular weight is 288 g/mol. The third-order valence-corrected chi connectivity index (χ3v) is 5.49. The van der Waals surface area contributed by atoms with Crippen LogP contribution in [0.1, 0.15) is 62.1 Å². The average Bonchev–Trinajstić information content (AvgIpc) is 2.51. The third kappa shape index (κ3) is 3.14. The van der Waals surface area contributed by atoms with E-state index in [0.29, 0.717) is 12.0 Å². The molecule has 2 atom stereocenters. The molecule has 1 saturated heterocycles. The first-order chi connectivity index (χ1) is 10.2. The van der Waals surface area contributed by atoms with Gasteiger partial charge >= 0.3 is 0 Å². The lowest BCUT2D eigenvalue weighted by atomic mass is 9.73. The topological polar surface area (TPSA) is 34.2 Å². The molecule has 0 amide bonds. The second kappa shape index (κ2) is 6.45. The van der Waals surface area contributed by atoms with Crippen LogP contribution in [0.15, 0.2) is 18.5 Å². The second-order valence-corrected chi connectivity index (χ2v) is 6.84. The second-order valence-electron chi connectivity index (χ2n) is 6.84. The fourth-order valence-electron chi connectivity index (χ4n) is 4.34. The predicted octanol–water partition coefficient (Wildman–Crippen LogP) is 3.78. The number of aryl methyl sites for hydroxylation is 1. The van der Waals surface area contributed by atoms with Crippen molar-refractivity contribution in [1.82, 2.24) is 10.3 Å². The first kappa shape index (κ1) is 15.0. The van der Waals surface area contributed by atoms with Gasteiger partial charge in [-0.3, -0.25) is 4.98 Å². The van der Waals surface area contributed by atoms with E-state index in [-0.39, 0.29) is 5.60 Å². The van der Waals surface area contributed by atoms with Crippen molar-refractivity contribution in [3.63, 3.8) is 0 Å². The fraction of sp³-hybridized carbons (Fsp3) is 0.722. The molecule has 21 heavy (non-hydrogen) atoms. The van der Waals surface area contributed by atoms with Crippen LogP contribution in [0.25, 0.3) is 0 Å². The molecule has 2 unspecified atom stereocenters. The predicted molar refractivity (Wildman–Crippen MR) is 85.3 cm³/mol. The van der Waals surface area contributed by atoms with Gasteiger partial charge in [-0.15, -0.1) is 0 Å². The number of rotatable bonds is 3. The highest BCUT2D eigenvalue weighted by Gasteiger charge is 2.41. The number of ether oxygens (including phenoxy) is 1. The summed E-state index contributed by atoms with van der Waals surface area (Å²) >= 11 is 0. The van der Waals surface area contributed by atoms with E-state index in [1.165, 1.54) is 49.7 Å². The maximum atomic E-state index is 6.25. The maximum Gasteiger partial charge on any atom is 0.0686 e. The van der Waals surface area contributed by atoms with Gasteiger partial charge in [0, 0.05) is 25.0 Å². The molecular weight excluding hydrogens is 260 g/mol. The summed E-state index contributed by atoms with van der Waals surface area (Å²) in [6.07, 6.45) is 12.8. The smallest absolute Gasteiger partial charge is 0.0686 e. The van der Waals surface area contributed by atoms with Crippen LogP contribution in [-0.4, -0.2) is 24.2 Å². The van der Waals surface area contributed by atoms with Crippen molar-refractivity contribution < 1.29 is 4.74 Å². The summed E-state index contributed by atoms with van der Waals surface area (Å²) in [5.74, 6) is 0.657. The Balaban J connectivity index is 1.79. The molecule has 2 aliphatic rings. The van der Waals surface area contributed by atoms with Gasteiger partial charge in [0.05, 0.1) is 5.60 Å². The molecule has 1 aromatic rings. The zero-order valence-electron chi connectivity index (χ0n) is 13.4. The highest BCUT2D eigenvalue weighted by atomic mass is 16.5. The Labute approximate surface area is 128 Å². The van der Waals surface area contributed by atoms with Gasteiger partial charge in [0.15, 0.2) is 0 Å². The summed E-state index contributed by atoms with van der Waals surface area (Å²) in [4.78, 5) is 4.34. The molecule has 3 heteroatoms. The van der Waals surface area contributed by atoms with E-state index in [0.717, 1.165) is 13.0 Å². The van der Waals surface area contributed by atoms with Gasteiger partial charge in [0.1, 0.15) is 0 Å². The fourth-order valence-corrected chi connectivity index (χ4v) is 4.34. The highest BCUT2D eigenvalue weighted by Crippen LogP contribution is 2.44. The Morgan fingerprint density at radius 2 is 2.14 bits per heavy atom. The van der Waals surface area contributed by atoms with E-state index in [1.807, 2.05) is 12.4 Å². The van der Waals surface area contributed by atoms with Crippen LogP contribution in [0, 0.1) is 12.8 Å². The Morgan fingerprint density at radius 1 is 1.33 bits per heavy atom. The first-order valence-corrected chi connectivity index (χ1v) is 8.46. The lowest BCUT2D eigenvalue weighted by molar-refractivity contribution is -0.121. The number of nitrogens with one attached hydrogen (secondary N) is 1. The summed E-state index contributed by atoms with van der Waals surface area (Å²) in [6, 6.07) is 2.52. The van der Waals surface area contributed by atoms with Gasteiger partial charge in [-0.2, -0.15) is 0 Å². The zero-order valence-corrected chi connectivity index (χ0v) is 13.4. The van der Waals surface area contributed by atoms with Crippen LogP contribution in [0.4, 0.5) is 0 Å². The standard InChI is InChI=1S/C18H28N2O/c1-14-6-10-20-13-16(14)17(19-2)15-7-11-21-18(12-15)8-4-3-5-9-18/h6,10,13,15,17,19H,3-5,7-9,11-12H2,1-2H3. The van der Waals surface area contributed by atoms with Crippen LogP contribution < -0.4 is 5.32 Å². The van der Waals surface area contributed by atoms with Crippen LogP contribution in [0.2, 0.25) is 0 Å². The molecule has 3 rings (SSSR count). The zero-order chi connectivity index (χ0) is 14.7. The van der Waals surface area contributed by atoms with E-state index in [4.69, 9.17) is 4.74 Å². The van der Waals surface area contributed by atoms with Crippen molar-refractivity contribution in [2.24, 2.45) is 5.92 Å². The van der Waals surface area contributed by atoms with Crippen molar-refractivity contribution in [3.8, 4) is 0 Å². The molecule has 0 aromatic carbocycles. The quantitative estimate of drug-likeness (QED) is 0.919. The van der Waals surface area contributed by atoms with Gasteiger partial charge in [-0.25, -0.2) is 0 Å². The van der Waals surface area contributed by atoms with Crippen LogP contribution in [-0.2, 0) is 4.74 Å². The molecule has 1 saturated carbocycles.